The molecule has 1 aromatic rings. The Bertz CT molecular complexity index is 483. The molecule has 3 nitrogen and oxygen atoms in total. The van der Waals surface area contributed by atoms with Gasteiger partial charge in [0.1, 0.15) is 11.6 Å². The predicted octanol–water partition coefficient (Wildman–Crippen LogP) is 2.81. The fourth-order valence-corrected chi connectivity index (χ4v) is 2.44. The number of hydrogen-bond acceptors (Lipinski definition) is 2. The highest BCUT2D eigenvalue weighted by molar-refractivity contribution is 5.95. The molecule has 2 rings (SSSR count). The van der Waals surface area contributed by atoms with E-state index in [1.807, 2.05) is 0 Å². The van der Waals surface area contributed by atoms with Gasteiger partial charge in [-0.25, -0.2) is 8.78 Å². The molecule has 2 N–H and O–H groups in total. The Hall–Kier alpha value is -1.65. The average molecular weight is 268 g/mol. The van der Waals surface area contributed by atoms with Gasteiger partial charge in [-0.15, -0.1) is 0 Å². The second-order valence-electron chi connectivity index (χ2n) is 5.00. The summed E-state index contributed by atoms with van der Waals surface area (Å²) in [6.07, 6.45) is 2.96. The van der Waals surface area contributed by atoms with Gasteiger partial charge in [0.25, 0.3) is 5.91 Å². The summed E-state index contributed by atoms with van der Waals surface area (Å²) in [5, 5.41) is 0. The normalized spacial score (nSPS) is 16.7. The number of carbonyl (C=O) groups excluding carboxylic acids is 1. The summed E-state index contributed by atoms with van der Waals surface area (Å²) in [4.78, 5) is 13.8. The highest BCUT2D eigenvalue weighted by Crippen LogP contribution is 2.23. The topological polar surface area (TPSA) is 46.3 Å². The molecule has 1 saturated heterocycles. The number of nitrogens with two attached hydrogens (primary N) is 1. The Morgan fingerprint density at radius 3 is 2.53 bits per heavy atom. The van der Waals surface area contributed by atoms with Crippen molar-refractivity contribution in [2.24, 2.45) is 5.92 Å². The van der Waals surface area contributed by atoms with Gasteiger partial charge in [-0.3, -0.25) is 4.79 Å². The maximum atomic E-state index is 13.6. The number of piperidine rings is 1. The smallest absolute Gasteiger partial charge is 0.256 e. The van der Waals surface area contributed by atoms with Gasteiger partial charge in [0.05, 0.1) is 11.3 Å². The van der Waals surface area contributed by atoms with Crippen LogP contribution in [0.5, 0.6) is 0 Å². The molecule has 0 atom stereocenters. The molecule has 1 aliphatic rings. The molecule has 1 aliphatic heterocycles. The van der Waals surface area contributed by atoms with E-state index in [-0.39, 0.29) is 11.3 Å². The molecule has 19 heavy (non-hydrogen) atoms. The molecule has 0 radical (unpaired) electrons. The summed E-state index contributed by atoms with van der Waals surface area (Å²) in [7, 11) is 0. The van der Waals surface area contributed by atoms with E-state index in [2.05, 4.69) is 6.92 Å². The van der Waals surface area contributed by atoms with E-state index in [9.17, 15) is 13.6 Å². The number of nitrogen functional groups attached to an aromatic ring is 1. The number of amides is 1. The zero-order chi connectivity index (χ0) is 14.0. The van der Waals surface area contributed by atoms with Gasteiger partial charge in [-0.2, -0.15) is 0 Å². The van der Waals surface area contributed by atoms with Gasteiger partial charge in [0.2, 0.25) is 0 Å². The van der Waals surface area contributed by atoms with E-state index in [4.69, 9.17) is 5.73 Å². The first kappa shape index (κ1) is 13.8. The SMILES string of the molecule is CCC1CCN(C(=O)c2cc(N)c(F)cc2F)CC1. The molecule has 5 heteroatoms. The van der Waals surface area contributed by atoms with Crippen LogP contribution in [0.25, 0.3) is 0 Å². The highest BCUT2D eigenvalue weighted by atomic mass is 19.1. The van der Waals surface area contributed by atoms with Gasteiger partial charge in [-0.1, -0.05) is 13.3 Å². The second-order valence-corrected chi connectivity index (χ2v) is 5.00. The van der Waals surface area contributed by atoms with Gasteiger partial charge < -0.3 is 10.6 Å². The van der Waals surface area contributed by atoms with Crippen molar-refractivity contribution < 1.29 is 13.6 Å². The zero-order valence-electron chi connectivity index (χ0n) is 11.0. The van der Waals surface area contributed by atoms with Crippen LogP contribution in [0.1, 0.15) is 36.5 Å². The molecule has 1 fully saturated rings. The number of hydrogen-bond donors (Lipinski definition) is 1. The van der Waals surface area contributed by atoms with Crippen molar-refractivity contribution in [3.8, 4) is 0 Å². The summed E-state index contributed by atoms with van der Waals surface area (Å²) in [5.74, 6) is -1.46. The third-order valence-electron chi connectivity index (χ3n) is 3.80. The number of nitrogens with zero attached hydrogens (tertiary/aromatic N) is 1. The number of carbonyl (C=O) groups is 1. The van der Waals surface area contributed by atoms with Gasteiger partial charge >= 0.3 is 0 Å². The lowest BCUT2D eigenvalue weighted by Crippen LogP contribution is -2.38. The standard InChI is InChI=1S/C14H18F2N2O/c1-2-9-3-5-18(6-4-9)14(19)10-7-13(17)12(16)8-11(10)15/h7-9H,2-6,17H2,1H3. The first-order chi connectivity index (χ1) is 9.02. The second kappa shape index (κ2) is 5.55. The minimum absolute atomic E-state index is 0.145. The third-order valence-corrected chi connectivity index (χ3v) is 3.80. The molecule has 1 heterocycles. The van der Waals surface area contributed by atoms with E-state index in [1.54, 1.807) is 4.90 Å². The van der Waals surface area contributed by atoms with Gasteiger partial charge in [0.15, 0.2) is 0 Å². The molecule has 0 spiro atoms. The largest absolute Gasteiger partial charge is 0.396 e. The zero-order valence-corrected chi connectivity index (χ0v) is 11.0. The van der Waals surface area contributed by atoms with Gasteiger partial charge in [0, 0.05) is 19.2 Å². The van der Waals surface area contributed by atoms with Crippen LogP contribution in [0.2, 0.25) is 0 Å². The summed E-state index contributed by atoms with van der Waals surface area (Å²) in [6, 6.07) is 1.75. The third kappa shape index (κ3) is 2.85. The van der Waals surface area contributed by atoms with Crippen molar-refractivity contribution >= 4 is 11.6 Å². The highest BCUT2D eigenvalue weighted by Gasteiger charge is 2.25. The van der Waals surface area contributed by atoms with Crippen molar-refractivity contribution in [1.82, 2.24) is 4.90 Å². The fraction of sp³-hybridized carbons (Fsp3) is 0.500. The predicted molar refractivity (Wildman–Crippen MR) is 69.7 cm³/mol. The number of halogens is 2. The van der Waals surface area contributed by atoms with E-state index in [1.165, 1.54) is 0 Å². The Morgan fingerprint density at radius 2 is 1.95 bits per heavy atom. The molecule has 1 amide bonds. The minimum atomic E-state index is -0.852. The Balaban J connectivity index is 2.14. The van der Waals surface area contributed by atoms with E-state index in [0.717, 1.165) is 25.3 Å². The van der Waals surface area contributed by atoms with E-state index >= 15 is 0 Å². The lowest BCUT2D eigenvalue weighted by atomic mass is 9.94. The van der Waals surface area contributed by atoms with Crippen LogP contribution in [0.4, 0.5) is 14.5 Å². The molecule has 0 aliphatic carbocycles. The van der Waals surface area contributed by atoms with Crippen molar-refractivity contribution in [3.63, 3.8) is 0 Å². The number of anilines is 1. The van der Waals surface area contributed by atoms with Crippen molar-refractivity contribution in [1.29, 1.82) is 0 Å². The van der Waals surface area contributed by atoms with Crippen LogP contribution in [-0.4, -0.2) is 23.9 Å². The molecule has 0 bridgehead atoms. The Labute approximate surface area is 111 Å². The van der Waals surface area contributed by atoms with Crippen LogP contribution >= 0.6 is 0 Å². The molecule has 104 valence electrons. The number of rotatable bonds is 2. The summed E-state index contributed by atoms with van der Waals surface area (Å²) in [6.45, 7) is 3.37. The van der Waals surface area contributed by atoms with Crippen LogP contribution in [0.3, 0.4) is 0 Å². The van der Waals surface area contributed by atoms with Crippen molar-refractivity contribution in [2.45, 2.75) is 26.2 Å². The number of likely N-dealkylation sites (tertiary alicyclic amines) is 1. The first-order valence-corrected chi connectivity index (χ1v) is 6.56. The van der Waals surface area contributed by atoms with E-state index < -0.39 is 17.5 Å². The molecule has 0 aromatic heterocycles. The monoisotopic (exact) mass is 268 g/mol. The summed E-state index contributed by atoms with van der Waals surface area (Å²) < 4.78 is 26.7. The molecular weight excluding hydrogens is 250 g/mol. The van der Waals surface area contributed by atoms with Crippen LogP contribution in [0.15, 0.2) is 12.1 Å². The Kier molecular flexibility index (Phi) is 4.02. The molecule has 0 unspecified atom stereocenters. The first-order valence-electron chi connectivity index (χ1n) is 6.56. The Morgan fingerprint density at radius 1 is 1.32 bits per heavy atom. The lowest BCUT2D eigenvalue weighted by Gasteiger charge is -2.31. The molecule has 1 aromatic carbocycles. The molecule has 0 saturated carbocycles. The average Bonchev–Trinajstić information content (AvgIpc) is 2.42. The summed E-state index contributed by atoms with van der Waals surface area (Å²) in [5.41, 5.74) is 5.04. The quantitative estimate of drug-likeness (QED) is 0.838. The van der Waals surface area contributed by atoms with E-state index in [0.29, 0.717) is 25.1 Å². The van der Waals surface area contributed by atoms with Crippen LogP contribution < -0.4 is 5.73 Å². The van der Waals surface area contributed by atoms with Crippen molar-refractivity contribution in [2.75, 3.05) is 18.8 Å². The van der Waals surface area contributed by atoms with Crippen LogP contribution in [-0.2, 0) is 0 Å². The van der Waals surface area contributed by atoms with Crippen LogP contribution in [0, 0.1) is 17.6 Å². The fourth-order valence-electron chi connectivity index (χ4n) is 2.44. The van der Waals surface area contributed by atoms with Gasteiger partial charge in [-0.05, 0) is 24.8 Å². The minimum Gasteiger partial charge on any atom is -0.396 e. The number of benzene rings is 1. The lowest BCUT2D eigenvalue weighted by molar-refractivity contribution is 0.0684. The maximum absolute atomic E-state index is 13.6. The summed E-state index contributed by atoms with van der Waals surface area (Å²) >= 11 is 0. The van der Waals surface area contributed by atoms with Crippen molar-refractivity contribution in [3.05, 3.63) is 29.3 Å². The molecular formula is C14H18F2N2O. The maximum Gasteiger partial charge on any atom is 0.256 e.